The number of hydrogen-bond acceptors (Lipinski definition) is 5. The average Bonchev–Trinajstić information content (AvgIpc) is 2.24. The lowest BCUT2D eigenvalue weighted by Crippen LogP contribution is -2.11. The normalized spacial score (nSPS) is 11.4. The Balaban J connectivity index is 2.38. The maximum absolute atomic E-state index is 10.7. The first kappa shape index (κ1) is 13.9. The molecule has 1 rings (SSSR count). The smallest absolute Gasteiger partial charge is 0.264 e. The van der Waals surface area contributed by atoms with Crippen molar-refractivity contribution in [3.8, 4) is 5.75 Å². The number of rotatable bonds is 7. The van der Waals surface area contributed by atoms with E-state index in [9.17, 15) is 8.42 Å². The van der Waals surface area contributed by atoms with Crippen molar-refractivity contribution in [2.75, 3.05) is 19.5 Å². The maximum Gasteiger partial charge on any atom is 0.264 e. The molecule has 0 atom stereocenters. The van der Waals surface area contributed by atoms with Gasteiger partial charge in [-0.2, -0.15) is 8.42 Å². The molecule has 1 aromatic rings. The second-order valence-corrected chi connectivity index (χ2v) is 5.25. The van der Waals surface area contributed by atoms with E-state index in [1.807, 2.05) is 6.07 Å². The summed E-state index contributed by atoms with van der Waals surface area (Å²) in [6, 6.07) is 3.59. The van der Waals surface area contributed by atoms with Gasteiger partial charge in [-0.05, 0) is 12.5 Å². The minimum atomic E-state index is -3.39. The third-order valence-electron chi connectivity index (χ3n) is 1.94. The van der Waals surface area contributed by atoms with Crippen molar-refractivity contribution in [2.45, 2.75) is 19.8 Å². The minimum Gasteiger partial charge on any atom is -0.491 e. The lowest BCUT2D eigenvalue weighted by atomic mass is 10.2. The molecule has 0 amide bonds. The van der Waals surface area contributed by atoms with Crippen LogP contribution in [0.15, 0.2) is 18.3 Å². The van der Waals surface area contributed by atoms with Crippen LogP contribution in [0.2, 0.25) is 0 Å². The highest BCUT2D eigenvalue weighted by molar-refractivity contribution is 7.85. The van der Waals surface area contributed by atoms with Gasteiger partial charge in [-0.15, -0.1) is 0 Å². The molecule has 0 radical (unpaired) electrons. The predicted molar refractivity (Wildman–Crippen MR) is 64.5 cm³/mol. The van der Waals surface area contributed by atoms with Crippen molar-refractivity contribution < 1.29 is 17.3 Å². The Morgan fingerprint density at radius 3 is 2.76 bits per heavy atom. The molecule has 0 aliphatic rings. The number of aryl methyl sites for hydroxylation is 1. The lowest BCUT2D eigenvalue weighted by Gasteiger charge is -2.07. The quantitative estimate of drug-likeness (QED) is 0.547. The summed E-state index contributed by atoms with van der Waals surface area (Å²) in [5.41, 5.74) is 0.967. The van der Waals surface area contributed by atoms with Gasteiger partial charge in [-0.3, -0.25) is 9.17 Å². The fourth-order valence-electron chi connectivity index (χ4n) is 1.28. The molecule has 0 aliphatic heterocycles. The van der Waals surface area contributed by atoms with Gasteiger partial charge in [0, 0.05) is 18.0 Å². The van der Waals surface area contributed by atoms with Crippen molar-refractivity contribution in [1.82, 2.24) is 4.98 Å². The Kier molecular flexibility index (Phi) is 5.37. The second kappa shape index (κ2) is 6.56. The van der Waals surface area contributed by atoms with Crippen LogP contribution in [0.25, 0.3) is 0 Å². The van der Waals surface area contributed by atoms with Crippen molar-refractivity contribution in [3.63, 3.8) is 0 Å². The highest BCUT2D eigenvalue weighted by Crippen LogP contribution is 2.12. The fraction of sp³-hybridized carbons (Fsp3) is 0.545. The summed E-state index contributed by atoms with van der Waals surface area (Å²) in [6.07, 6.45) is 4.61. The van der Waals surface area contributed by atoms with E-state index >= 15 is 0 Å². The summed E-state index contributed by atoms with van der Waals surface area (Å²) in [5.74, 6) is 0.681. The van der Waals surface area contributed by atoms with Crippen molar-refractivity contribution in [3.05, 3.63) is 24.0 Å². The predicted octanol–water partition coefficient (Wildman–Crippen LogP) is 1.39. The Morgan fingerprint density at radius 2 is 2.12 bits per heavy atom. The molecule has 0 bridgehead atoms. The van der Waals surface area contributed by atoms with Gasteiger partial charge in [0.25, 0.3) is 10.1 Å². The van der Waals surface area contributed by atoms with Crippen LogP contribution in [0, 0.1) is 0 Å². The second-order valence-electron chi connectivity index (χ2n) is 3.61. The summed E-state index contributed by atoms with van der Waals surface area (Å²) in [5, 5.41) is 0. The van der Waals surface area contributed by atoms with Crippen LogP contribution in [0.1, 0.15) is 19.0 Å². The number of nitrogens with zero attached hydrogens (tertiary/aromatic N) is 1. The highest BCUT2D eigenvalue weighted by atomic mass is 32.2. The van der Waals surface area contributed by atoms with E-state index in [1.165, 1.54) is 0 Å². The molecule has 0 unspecified atom stereocenters. The van der Waals surface area contributed by atoms with Gasteiger partial charge in [0.15, 0.2) is 0 Å². The summed E-state index contributed by atoms with van der Waals surface area (Å²) in [4.78, 5) is 4.19. The topological polar surface area (TPSA) is 65.5 Å². The molecule has 0 fully saturated rings. The molecule has 0 saturated carbocycles. The maximum atomic E-state index is 10.7. The lowest BCUT2D eigenvalue weighted by molar-refractivity contribution is 0.222. The molecule has 17 heavy (non-hydrogen) atoms. The van der Waals surface area contributed by atoms with Crippen LogP contribution in [-0.4, -0.2) is 32.9 Å². The van der Waals surface area contributed by atoms with Crippen molar-refractivity contribution >= 4 is 10.1 Å². The van der Waals surface area contributed by atoms with Gasteiger partial charge < -0.3 is 4.74 Å². The summed E-state index contributed by atoms with van der Waals surface area (Å²) in [6.45, 7) is 2.29. The molecule has 0 saturated heterocycles. The van der Waals surface area contributed by atoms with Gasteiger partial charge >= 0.3 is 0 Å². The number of hydrogen-bond donors (Lipinski definition) is 0. The van der Waals surface area contributed by atoms with Gasteiger partial charge in [-0.25, -0.2) is 0 Å². The van der Waals surface area contributed by atoms with Crippen LogP contribution >= 0.6 is 0 Å². The zero-order valence-electron chi connectivity index (χ0n) is 10.0. The third kappa shape index (κ3) is 6.23. The molecule has 5 nitrogen and oxygen atoms in total. The summed E-state index contributed by atoms with van der Waals surface area (Å²) < 4.78 is 31.3. The molecule has 0 spiro atoms. The molecule has 0 aromatic carbocycles. The van der Waals surface area contributed by atoms with Crippen LogP contribution in [0.3, 0.4) is 0 Å². The Labute approximate surface area is 102 Å². The minimum absolute atomic E-state index is 0.0181. The number of aromatic nitrogens is 1. The van der Waals surface area contributed by atoms with E-state index < -0.39 is 10.1 Å². The molecule has 1 aromatic heterocycles. The zero-order chi connectivity index (χ0) is 12.7. The average molecular weight is 259 g/mol. The third-order valence-corrected chi connectivity index (χ3v) is 2.54. The van der Waals surface area contributed by atoms with E-state index in [-0.39, 0.29) is 13.2 Å². The van der Waals surface area contributed by atoms with E-state index in [2.05, 4.69) is 16.1 Å². The van der Waals surface area contributed by atoms with Crippen molar-refractivity contribution in [2.24, 2.45) is 0 Å². The van der Waals surface area contributed by atoms with Gasteiger partial charge in [-0.1, -0.05) is 13.3 Å². The van der Waals surface area contributed by atoms with E-state index in [1.54, 1.807) is 12.3 Å². The van der Waals surface area contributed by atoms with Crippen LogP contribution in [-0.2, 0) is 20.7 Å². The monoisotopic (exact) mass is 259 g/mol. The molecule has 96 valence electrons. The Bertz CT molecular complexity index is 445. The number of ether oxygens (including phenoxy) is 1. The fourth-order valence-corrected chi connectivity index (χ4v) is 1.65. The molecular formula is C11H17NO4S. The largest absolute Gasteiger partial charge is 0.491 e. The van der Waals surface area contributed by atoms with Gasteiger partial charge in [0.2, 0.25) is 0 Å². The van der Waals surface area contributed by atoms with Gasteiger partial charge in [0.1, 0.15) is 19.0 Å². The van der Waals surface area contributed by atoms with E-state index in [0.717, 1.165) is 24.8 Å². The molecule has 0 aliphatic carbocycles. The van der Waals surface area contributed by atoms with Crippen LogP contribution < -0.4 is 4.74 Å². The van der Waals surface area contributed by atoms with Crippen LogP contribution in [0.4, 0.5) is 0 Å². The first-order chi connectivity index (χ1) is 8.01. The van der Waals surface area contributed by atoms with Crippen molar-refractivity contribution in [1.29, 1.82) is 0 Å². The highest BCUT2D eigenvalue weighted by Gasteiger charge is 2.02. The Morgan fingerprint density at radius 1 is 1.35 bits per heavy atom. The van der Waals surface area contributed by atoms with Gasteiger partial charge in [0.05, 0.1) is 6.26 Å². The Hall–Kier alpha value is -1.14. The first-order valence-corrected chi connectivity index (χ1v) is 7.25. The number of pyridine rings is 1. The molecular weight excluding hydrogens is 242 g/mol. The molecule has 1 heterocycles. The SMILES string of the molecule is CCCc1cc(OCCOS(C)(=O)=O)ccn1. The summed E-state index contributed by atoms with van der Waals surface area (Å²) in [7, 11) is -3.39. The summed E-state index contributed by atoms with van der Waals surface area (Å²) >= 11 is 0. The van der Waals surface area contributed by atoms with Crippen LogP contribution in [0.5, 0.6) is 5.75 Å². The van der Waals surface area contributed by atoms with E-state index in [0.29, 0.717) is 5.75 Å². The molecule has 6 heteroatoms. The standard InChI is InChI=1S/C11H17NO4S/c1-3-4-10-9-11(5-6-12-10)15-7-8-16-17(2,13)14/h5-6,9H,3-4,7-8H2,1-2H3. The zero-order valence-corrected chi connectivity index (χ0v) is 10.9. The first-order valence-electron chi connectivity index (χ1n) is 5.43. The molecule has 0 N–H and O–H groups in total. The van der Waals surface area contributed by atoms with E-state index in [4.69, 9.17) is 4.74 Å².